The van der Waals surface area contributed by atoms with Gasteiger partial charge in [-0.1, -0.05) is 18.2 Å². The Balaban J connectivity index is 0.00000261. The van der Waals surface area contributed by atoms with Crippen molar-refractivity contribution >= 4 is 29.9 Å². The molecule has 9 heteroatoms. The second-order valence-electron chi connectivity index (χ2n) is 5.45. The van der Waals surface area contributed by atoms with Crippen LogP contribution in [0.25, 0.3) is 11.6 Å². The monoisotopic (exact) mass is 482 g/mol. The number of H-pyrrole nitrogens is 1. The molecule has 0 aliphatic carbocycles. The molecule has 2 aromatic heterocycles. The fourth-order valence-electron chi connectivity index (χ4n) is 2.26. The minimum absolute atomic E-state index is 0. The third-order valence-electron chi connectivity index (χ3n) is 3.55. The molecule has 0 fully saturated rings. The van der Waals surface area contributed by atoms with Gasteiger partial charge in [-0.15, -0.1) is 29.1 Å². The summed E-state index contributed by atoms with van der Waals surface area (Å²) in [7, 11) is 1.73. The maximum absolute atomic E-state index is 5.66. The van der Waals surface area contributed by atoms with Gasteiger partial charge in [-0.2, -0.15) is 0 Å². The molecule has 0 saturated heterocycles. The number of rotatable bonds is 8. The minimum atomic E-state index is 0. The van der Waals surface area contributed by atoms with Crippen molar-refractivity contribution in [2.45, 2.75) is 13.0 Å². The number of aromatic nitrogens is 3. The number of aromatic amines is 1. The van der Waals surface area contributed by atoms with E-state index in [9.17, 15) is 0 Å². The molecule has 0 bridgehead atoms. The standard InChI is InChI=1S/C18H22N6O2.HI/c1-19-18(20-10-6-12-25-14-7-3-2-4-8-14)21-13-16-22-17(24-23-16)15-9-5-11-26-15;/h2-5,7-9,11H,6,10,12-13H2,1H3,(H2,19,20,21)(H,22,23,24);1H. The van der Waals surface area contributed by atoms with Crippen molar-refractivity contribution in [2.75, 3.05) is 20.2 Å². The lowest BCUT2D eigenvalue weighted by Gasteiger charge is -2.11. The molecule has 8 nitrogen and oxygen atoms in total. The normalized spacial score (nSPS) is 10.9. The summed E-state index contributed by atoms with van der Waals surface area (Å²) in [5.74, 6) is 3.45. The first-order valence-electron chi connectivity index (χ1n) is 8.42. The number of hydrogen-bond donors (Lipinski definition) is 3. The number of guanidine groups is 1. The lowest BCUT2D eigenvalue weighted by atomic mass is 10.3. The number of benzene rings is 1. The van der Waals surface area contributed by atoms with E-state index in [1.165, 1.54) is 0 Å². The number of nitrogens with zero attached hydrogens (tertiary/aromatic N) is 3. The lowest BCUT2D eigenvalue weighted by Crippen LogP contribution is -2.37. The quantitative estimate of drug-likeness (QED) is 0.198. The van der Waals surface area contributed by atoms with Crippen LogP contribution < -0.4 is 15.4 Å². The third kappa shape index (κ3) is 6.59. The Morgan fingerprint density at radius 1 is 1.19 bits per heavy atom. The molecule has 3 aromatic rings. The summed E-state index contributed by atoms with van der Waals surface area (Å²) in [5.41, 5.74) is 0. The van der Waals surface area contributed by atoms with E-state index in [-0.39, 0.29) is 24.0 Å². The Morgan fingerprint density at radius 2 is 2.04 bits per heavy atom. The second kappa shape index (κ2) is 11.2. The van der Waals surface area contributed by atoms with E-state index in [1.54, 1.807) is 19.4 Å². The Bertz CT molecular complexity index is 804. The molecule has 1 aromatic carbocycles. The van der Waals surface area contributed by atoms with Crippen LogP contribution in [0.15, 0.2) is 58.1 Å². The first-order valence-corrected chi connectivity index (χ1v) is 8.42. The molecule has 27 heavy (non-hydrogen) atoms. The predicted molar refractivity (Wildman–Crippen MR) is 114 cm³/mol. The van der Waals surface area contributed by atoms with Crippen molar-refractivity contribution in [1.82, 2.24) is 25.8 Å². The Kier molecular flexibility index (Phi) is 8.62. The Hall–Kier alpha value is -2.56. The zero-order chi connectivity index (χ0) is 18.0. The highest BCUT2D eigenvalue weighted by Gasteiger charge is 2.08. The van der Waals surface area contributed by atoms with E-state index >= 15 is 0 Å². The molecule has 3 rings (SSSR count). The largest absolute Gasteiger partial charge is 0.494 e. The van der Waals surface area contributed by atoms with E-state index in [0.29, 0.717) is 36.5 Å². The van der Waals surface area contributed by atoms with Crippen molar-refractivity contribution in [2.24, 2.45) is 4.99 Å². The fraction of sp³-hybridized carbons (Fsp3) is 0.278. The van der Waals surface area contributed by atoms with Gasteiger partial charge in [0.2, 0.25) is 5.82 Å². The number of hydrogen-bond acceptors (Lipinski definition) is 5. The number of halogens is 1. The molecule has 0 aliphatic heterocycles. The van der Waals surface area contributed by atoms with E-state index in [0.717, 1.165) is 18.7 Å². The average Bonchev–Trinajstić information content (AvgIpc) is 3.36. The van der Waals surface area contributed by atoms with Gasteiger partial charge in [0.05, 0.1) is 19.4 Å². The van der Waals surface area contributed by atoms with Gasteiger partial charge in [0.25, 0.3) is 0 Å². The second-order valence-corrected chi connectivity index (χ2v) is 5.45. The Morgan fingerprint density at radius 3 is 2.78 bits per heavy atom. The molecular formula is C18H23IN6O2. The van der Waals surface area contributed by atoms with Crippen LogP contribution in [0.2, 0.25) is 0 Å². The number of para-hydroxylation sites is 1. The van der Waals surface area contributed by atoms with Gasteiger partial charge in [-0.3, -0.25) is 10.1 Å². The molecule has 0 radical (unpaired) electrons. The van der Waals surface area contributed by atoms with Crippen LogP contribution in [-0.4, -0.2) is 41.3 Å². The van der Waals surface area contributed by atoms with E-state index < -0.39 is 0 Å². The number of nitrogens with one attached hydrogen (secondary N) is 3. The molecule has 0 unspecified atom stereocenters. The highest BCUT2D eigenvalue weighted by Crippen LogP contribution is 2.14. The van der Waals surface area contributed by atoms with Crippen LogP contribution in [0.4, 0.5) is 0 Å². The molecular weight excluding hydrogens is 459 g/mol. The Labute approximate surface area is 174 Å². The lowest BCUT2D eigenvalue weighted by molar-refractivity contribution is 0.311. The highest BCUT2D eigenvalue weighted by molar-refractivity contribution is 14.0. The topological polar surface area (TPSA) is 100 Å². The zero-order valence-electron chi connectivity index (χ0n) is 15.0. The van der Waals surface area contributed by atoms with Gasteiger partial charge in [-0.25, -0.2) is 4.98 Å². The first-order chi connectivity index (χ1) is 12.8. The first kappa shape index (κ1) is 20.7. The molecule has 2 heterocycles. The highest BCUT2D eigenvalue weighted by atomic mass is 127. The van der Waals surface area contributed by atoms with Gasteiger partial charge >= 0.3 is 0 Å². The molecule has 0 spiro atoms. The smallest absolute Gasteiger partial charge is 0.216 e. The predicted octanol–water partition coefficient (Wildman–Crippen LogP) is 2.82. The van der Waals surface area contributed by atoms with Crippen molar-refractivity contribution in [3.05, 3.63) is 54.6 Å². The number of ether oxygens (including phenoxy) is 1. The zero-order valence-corrected chi connectivity index (χ0v) is 17.3. The molecule has 0 atom stereocenters. The summed E-state index contributed by atoms with van der Waals surface area (Å²) >= 11 is 0. The van der Waals surface area contributed by atoms with Crippen LogP contribution in [0, 0.1) is 0 Å². The van der Waals surface area contributed by atoms with Crippen LogP contribution >= 0.6 is 24.0 Å². The summed E-state index contributed by atoms with van der Waals surface area (Å²) in [6, 6.07) is 13.4. The van der Waals surface area contributed by atoms with Crippen LogP contribution in [0.3, 0.4) is 0 Å². The minimum Gasteiger partial charge on any atom is -0.494 e. The van der Waals surface area contributed by atoms with Gasteiger partial charge < -0.3 is 19.8 Å². The van der Waals surface area contributed by atoms with Crippen molar-refractivity contribution in [3.8, 4) is 17.3 Å². The summed E-state index contributed by atoms with van der Waals surface area (Å²) in [5, 5.41) is 13.4. The average molecular weight is 482 g/mol. The maximum atomic E-state index is 5.66. The SMILES string of the molecule is CN=C(NCCCOc1ccccc1)NCc1nc(-c2ccco2)n[nH]1.I. The molecule has 0 aliphatic rings. The summed E-state index contributed by atoms with van der Waals surface area (Å²) in [6.45, 7) is 1.87. The third-order valence-corrected chi connectivity index (χ3v) is 3.55. The summed E-state index contributed by atoms with van der Waals surface area (Å²) in [6.07, 6.45) is 2.46. The van der Waals surface area contributed by atoms with Crippen LogP contribution in [0.5, 0.6) is 5.75 Å². The van der Waals surface area contributed by atoms with E-state index in [2.05, 4.69) is 30.8 Å². The van der Waals surface area contributed by atoms with E-state index in [1.807, 2.05) is 36.4 Å². The van der Waals surface area contributed by atoms with Gasteiger partial charge in [-0.05, 0) is 30.7 Å². The molecule has 3 N–H and O–H groups in total. The van der Waals surface area contributed by atoms with Gasteiger partial charge in [0, 0.05) is 13.6 Å². The fourth-order valence-corrected chi connectivity index (χ4v) is 2.26. The summed E-state index contributed by atoms with van der Waals surface area (Å²) in [4.78, 5) is 8.57. The molecule has 0 saturated carbocycles. The number of aliphatic imine (C=N–C) groups is 1. The van der Waals surface area contributed by atoms with Gasteiger partial charge in [0.15, 0.2) is 11.7 Å². The van der Waals surface area contributed by atoms with Crippen molar-refractivity contribution < 1.29 is 9.15 Å². The number of furan rings is 1. The van der Waals surface area contributed by atoms with Gasteiger partial charge in [0.1, 0.15) is 11.6 Å². The van der Waals surface area contributed by atoms with Crippen LogP contribution in [-0.2, 0) is 6.54 Å². The van der Waals surface area contributed by atoms with E-state index in [4.69, 9.17) is 9.15 Å². The molecule has 0 amide bonds. The maximum Gasteiger partial charge on any atom is 0.216 e. The van der Waals surface area contributed by atoms with Crippen LogP contribution in [0.1, 0.15) is 12.2 Å². The van der Waals surface area contributed by atoms with Crippen molar-refractivity contribution in [3.63, 3.8) is 0 Å². The van der Waals surface area contributed by atoms with Crippen molar-refractivity contribution in [1.29, 1.82) is 0 Å². The molecule has 144 valence electrons. The summed E-state index contributed by atoms with van der Waals surface area (Å²) < 4.78 is 10.9.